The van der Waals surface area contributed by atoms with Crippen LogP contribution in [0.3, 0.4) is 0 Å². The number of nitrogens with zero attached hydrogens (tertiary/aromatic N) is 1. The van der Waals surface area contributed by atoms with Crippen LogP contribution in [0.2, 0.25) is 0 Å². The summed E-state index contributed by atoms with van der Waals surface area (Å²) in [7, 11) is 1.63. The van der Waals surface area contributed by atoms with E-state index in [9.17, 15) is 4.79 Å². The molecule has 9 heteroatoms. The van der Waals surface area contributed by atoms with Crippen molar-refractivity contribution < 1.29 is 9.53 Å². The molecule has 2 rings (SSSR count). The van der Waals surface area contributed by atoms with Crippen LogP contribution in [-0.4, -0.2) is 24.0 Å². The molecule has 0 saturated heterocycles. The number of aromatic nitrogens is 1. The fraction of sp³-hybridized carbons (Fsp3) is 0.357. The number of carbonyl (C=O) groups excluding carboxylic acids is 1. The van der Waals surface area contributed by atoms with Crippen LogP contribution in [0.1, 0.15) is 30.0 Å². The lowest BCUT2D eigenvalue weighted by atomic mass is 10.1. The second kappa shape index (κ2) is 8.11. The van der Waals surface area contributed by atoms with Crippen LogP contribution in [0, 0.1) is 5.41 Å². The van der Waals surface area contributed by atoms with Crippen molar-refractivity contribution >= 4 is 17.6 Å². The van der Waals surface area contributed by atoms with E-state index < -0.39 is 6.03 Å². The normalized spacial score (nSPS) is 13.8. The zero-order valence-corrected chi connectivity index (χ0v) is 12.8. The molecule has 124 valence electrons. The molecule has 0 bridgehead atoms. The highest BCUT2D eigenvalue weighted by Crippen LogP contribution is 2.42. The molecular formula is C14H21N7O2. The molecule has 1 saturated carbocycles. The maximum absolute atomic E-state index is 11.8. The van der Waals surface area contributed by atoms with Gasteiger partial charge in [-0.05, 0) is 25.1 Å². The first-order valence-corrected chi connectivity index (χ1v) is 7.21. The summed E-state index contributed by atoms with van der Waals surface area (Å²) >= 11 is 0. The average molecular weight is 319 g/mol. The van der Waals surface area contributed by atoms with Crippen LogP contribution in [0.5, 0.6) is 0 Å². The molecule has 1 aromatic rings. The van der Waals surface area contributed by atoms with Crippen LogP contribution in [0.25, 0.3) is 0 Å². The minimum atomic E-state index is -0.425. The van der Waals surface area contributed by atoms with Gasteiger partial charge in [-0.25, -0.2) is 10.2 Å². The average Bonchev–Trinajstić information content (AvgIpc) is 3.36. The first kappa shape index (κ1) is 16.7. The standard InChI is InChI=1S/C14H21N7O2/c1-17-21-20-14(22)19-11-5-7-18-13(9-2-3-9)10(11)8-23-12(16)4-6-15/h4-7,9,16-17,21H,2-3,8,15H2,1H3,(H2,18,19,20,22)/b6-4-,16-12?. The molecule has 0 aliphatic heterocycles. The second-order valence-electron chi connectivity index (χ2n) is 4.96. The highest BCUT2D eigenvalue weighted by molar-refractivity contribution is 5.90. The number of nitrogens with one attached hydrogen (secondary N) is 5. The van der Waals surface area contributed by atoms with Crippen molar-refractivity contribution in [2.24, 2.45) is 5.73 Å². The number of ether oxygens (including phenoxy) is 1. The Morgan fingerprint density at radius 3 is 3.00 bits per heavy atom. The van der Waals surface area contributed by atoms with Gasteiger partial charge in [-0.15, -0.1) is 0 Å². The number of hydrazine groups is 2. The van der Waals surface area contributed by atoms with Gasteiger partial charge in [0.15, 0.2) is 0 Å². The lowest BCUT2D eigenvalue weighted by molar-refractivity contribution is 0.246. The highest BCUT2D eigenvalue weighted by Gasteiger charge is 2.29. The van der Waals surface area contributed by atoms with Gasteiger partial charge in [0.2, 0.25) is 5.90 Å². The fourth-order valence-corrected chi connectivity index (χ4v) is 2.04. The fourth-order valence-electron chi connectivity index (χ4n) is 2.04. The number of rotatable bonds is 7. The van der Waals surface area contributed by atoms with E-state index in [1.807, 2.05) is 0 Å². The lowest BCUT2D eigenvalue weighted by Gasteiger charge is -2.15. The van der Waals surface area contributed by atoms with E-state index >= 15 is 0 Å². The lowest BCUT2D eigenvalue weighted by Crippen LogP contribution is -2.46. The summed E-state index contributed by atoms with van der Waals surface area (Å²) < 4.78 is 5.37. The largest absolute Gasteiger partial charge is 0.473 e. The zero-order chi connectivity index (χ0) is 16.7. The zero-order valence-electron chi connectivity index (χ0n) is 12.8. The summed E-state index contributed by atoms with van der Waals surface area (Å²) in [6, 6.07) is 1.27. The number of carbonyl (C=O) groups is 1. The van der Waals surface area contributed by atoms with E-state index in [2.05, 4.69) is 26.7 Å². The SMILES string of the molecule is CNNNC(=O)Nc1ccnc(C2CC2)c1COC(=N)/C=C\N. The number of pyridine rings is 1. The van der Waals surface area contributed by atoms with Crippen molar-refractivity contribution in [2.45, 2.75) is 25.4 Å². The number of hydrogen-bond donors (Lipinski definition) is 6. The summed E-state index contributed by atoms with van der Waals surface area (Å²) in [6.45, 7) is 0.137. The maximum Gasteiger partial charge on any atom is 0.334 e. The van der Waals surface area contributed by atoms with Gasteiger partial charge in [0.05, 0.1) is 11.4 Å². The molecule has 0 aromatic carbocycles. The molecule has 0 spiro atoms. The minimum Gasteiger partial charge on any atom is -0.473 e. The van der Waals surface area contributed by atoms with Crippen molar-refractivity contribution in [3.8, 4) is 0 Å². The summed E-state index contributed by atoms with van der Waals surface area (Å²) in [6.07, 6.45) is 6.38. The number of urea groups is 1. The molecule has 1 heterocycles. The quantitative estimate of drug-likeness (QED) is 0.248. The molecule has 7 N–H and O–H groups in total. The van der Waals surface area contributed by atoms with Gasteiger partial charge in [0.25, 0.3) is 0 Å². The Morgan fingerprint density at radius 2 is 2.35 bits per heavy atom. The van der Waals surface area contributed by atoms with Gasteiger partial charge >= 0.3 is 6.03 Å². The Labute approximate surface area is 134 Å². The molecule has 1 aromatic heterocycles. The van der Waals surface area contributed by atoms with E-state index in [-0.39, 0.29) is 12.5 Å². The first-order chi connectivity index (χ1) is 11.2. The molecule has 1 aliphatic carbocycles. The number of amides is 2. The van der Waals surface area contributed by atoms with E-state index in [0.29, 0.717) is 11.6 Å². The summed E-state index contributed by atoms with van der Waals surface area (Å²) in [5.74, 6) is 0.332. The van der Waals surface area contributed by atoms with Crippen molar-refractivity contribution in [3.63, 3.8) is 0 Å². The van der Waals surface area contributed by atoms with E-state index in [4.69, 9.17) is 15.9 Å². The maximum atomic E-state index is 11.8. The molecule has 1 aliphatic rings. The van der Waals surface area contributed by atoms with Crippen molar-refractivity contribution in [3.05, 3.63) is 35.8 Å². The van der Waals surface area contributed by atoms with Gasteiger partial charge in [0, 0.05) is 30.8 Å². The minimum absolute atomic E-state index is 0.0506. The molecule has 9 nitrogen and oxygen atoms in total. The Hall–Kier alpha value is -2.65. The third-order valence-electron chi connectivity index (χ3n) is 3.22. The summed E-state index contributed by atoms with van der Waals surface area (Å²) in [5, 5.41) is 10.3. The first-order valence-electron chi connectivity index (χ1n) is 7.21. The Bertz CT molecular complexity index is 599. The van der Waals surface area contributed by atoms with Crippen molar-refractivity contribution in [1.29, 1.82) is 5.41 Å². The third kappa shape index (κ3) is 4.94. The van der Waals surface area contributed by atoms with Gasteiger partial charge in [-0.2, -0.15) is 5.53 Å². The molecule has 0 unspecified atom stereocenters. The predicted octanol–water partition coefficient (Wildman–Crippen LogP) is 0.686. The van der Waals surface area contributed by atoms with Gasteiger partial charge in [-0.1, -0.05) is 0 Å². The Morgan fingerprint density at radius 1 is 1.57 bits per heavy atom. The second-order valence-corrected chi connectivity index (χ2v) is 4.96. The molecule has 0 atom stereocenters. The molecule has 0 radical (unpaired) electrons. The Kier molecular flexibility index (Phi) is 5.89. The smallest absolute Gasteiger partial charge is 0.334 e. The van der Waals surface area contributed by atoms with Gasteiger partial charge < -0.3 is 15.8 Å². The van der Waals surface area contributed by atoms with Crippen LogP contribution in [-0.2, 0) is 11.3 Å². The molecule has 23 heavy (non-hydrogen) atoms. The third-order valence-corrected chi connectivity index (χ3v) is 3.22. The van der Waals surface area contributed by atoms with Crippen molar-refractivity contribution in [2.75, 3.05) is 12.4 Å². The summed E-state index contributed by atoms with van der Waals surface area (Å²) in [4.78, 5) is 16.2. The summed E-state index contributed by atoms with van der Waals surface area (Å²) in [5.41, 5.74) is 15.0. The van der Waals surface area contributed by atoms with E-state index in [1.165, 1.54) is 12.3 Å². The van der Waals surface area contributed by atoms with Crippen LogP contribution < -0.4 is 27.4 Å². The highest BCUT2D eigenvalue weighted by atomic mass is 16.5. The van der Waals surface area contributed by atoms with Crippen molar-refractivity contribution in [1.82, 2.24) is 21.4 Å². The van der Waals surface area contributed by atoms with Gasteiger partial charge in [-0.3, -0.25) is 15.8 Å². The number of anilines is 1. The molecular weight excluding hydrogens is 298 g/mol. The number of nitrogens with two attached hydrogens (primary N) is 1. The van der Waals surface area contributed by atoms with Gasteiger partial charge in [0.1, 0.15) is 6.61 Å². The predicted molar refractivity (Wildman–Crippen MR) is 86.4 cm³/mol. The molecule has 2 amide bonds. The van der Waals surface area contributed by atoms with Crippen LogP contribution in [0.4, 0.5) is 10.5 Å². The van der Waals surface area contributed by atoms with E-state index in [1.54, 1.807) is 19.3 Å². The van der Waals surface area contributed by atoms with E-state index in [0.717, 1.165) is 24.1 Å². The number of hydrogen-bond acceptors (Lipinski definition) is 7. The monoisotopic (exact) mass is 319 g/mol. The van der Waals surface area contributed by atoms with Crippen LogP contribution >= 0.6 is 0 Å². The van der Waals surface area contributed by atoms with Crippen LogP contribution in [0.15, 0.2) is 24.5 Å². The topological polar surface area (TPSA) is 137 Å². The molecule has 1 fully saturated rings. The Balaban J connectivity index is 2.14.